The summed E-state index contributed by atoms with van der Waals surface area (Å²) < 4.78 is 0. The molecular formula is C22H88O13. The molecule has 0 aromatic rings. The maximum absolute atomic E-state index is 3.00. The molecule has 0 atom stereocenters. The van der Waals surface area contributed by atoms with Crippen LogP contribution in [0, 0.1) is 0 Å². The van der Waals surface area contributed by atoms with Crippen LogP contribution < -0.4 is 0 Å². The summed E-state index contributed by atoms with van der Waals surface area (Å²) in [4.78, 5) is 0. The molecule has 0 aliphatic carbocycles. The van der Waals surface area contributed by atoms with Gasteiger partial charge in [-0.1, -0.05) is 125 Å². The van der Waals surface area contributed by atoms with E-state index in [1.54, 1.807) is 0 Å². The molecule has 26 N–H and O–H groups in total. The third-order valence-electron chi connectivity index (χ3n) is 0. The van der Waals surface area contributed by atoms with E-state index in [9.17, 15) is 0 Å². The molecule has 0 aromatic carbocycles. The van der Waals surface area contributed by atoms with Crippen LogP contribution in [0.2, 0.25) is 0 Å². The fraction of sp³-hybridized carbons (Fsp3) is 0.818. The summed E-state index contributed by atoms with van der Waals surface area (Å²) in [5.74, 6) is 0. The van der Waals surface area contributed by atoms with E-state index in [-0.39, 0.29) is 71.2 Å². The highest BCUT2D eigenvalue weighted by Gasteiger charge is 0.948. The minimum absolute atomic E-state index is 0. The van der Waals surface area contributed by atoms with E-state index in [0.717, 1.165) is 0 Å². The highest BCUT2D eigenvalue weighted by molar-refractivity contribution is 4.22. The van der Waals surface area contributed by atoms with Crippen LogP contribution in [0.25, 0.3) is 0 Å². The zero-order valence-electron chi connectivity index (χ0n) is 27.3. The molecule has 254 valence electrons. The van der Waals surface area contributed by atoms with Gasteiger partial charge in [-0.3, -0.25) is 0 Å². The number of hydrogen-bond donors (Lipinski definition) is 0. The van der Waals surface area contributed by atoms with Gasteiger partial charge in [-0.25, -0.2) is 0 Å². The zero-order chi connectivity index (χ0) is 22.0. The van der Waals surface area contributed by atoms with E-state index < -0.39 is 0 Å². The molecular weight excluding hydrogens is 472 g/mol. The molecule has 0 rings (SSSR count). The molecule has 13 heteroatoms. The van der Waals surface area contributed by atoms with Crippen LogP contribution in [-0.4, -0.2) is 71.2 Å². The van der Waals surface area contributed by atoms with Crippen molar-refractivity contribution in [1.82, 2.24) is 0 Å². The van der Waals surface area contributed by atoms with Crippen molar-refractivity contribution in [3.8, 4) is 0 Å². The lowest BCUT2D eigenvalue weighted by Gasteiger charge is -1.07. The predicted molar refractivity (Wildman–Crippen MR) is 172 cm³/mol. The fourth-order valence-corrected chi connectivity index (χ4v) is 0. The average molecular weight is 561 g/mol. The van der Waals surface area contributed by atoms with E-state index in [0.29, 0.717) is 0 Å². The minimum atomic E-state index is 0. The first-order valence-electron chi connectivity index (χ1n) is 10.0. The smallest absolute Gasteiger partial charge is 0.0683 e. The molecule has 0 radical (unpaired) electrons. The Bertz CT molecular complexity index is 35.3. The van der Waals surface area contributed by atoms with Crippen molar-refractivity contribution in [2.45, 2.75) is 125 Å². The first-order chi connectivity index (χ1) is 11.0. The highest BCUT2D eigenvalue weighted by Crippen LogP contribution is 1.16. The topological polar surface area (TPSA) is 410 Å². The van der Waals surface area contributed by atoms with Gasteiger partial charge in [0, 0.05) is 0 Å². The Labute approximate surface area is 222 Å². The van der Waals surface area contributed by atoms with Crippen LogP contribution in [0.4, 0.5) is 0 Å². The van der Waals surface area contributed by atoms with Crippen molar-refractivity contribution in [3.05, 3.63) is 26.3 Å². The molecule has 13 nitrogen and oxygen atoms in total. The van der Waals surface area contributed by atoms with Gasteiger partial charge in [0.25, 0.3) is 0 Å². The van der Waals surface area contributed by atoms with Crippen molar-refractivity contribution >= 4 is 0 Å². The van der Waals surface area contributed by atoms with Crippen molar-refractivity contribution < 1.29 is 71.2 Å². The molecule has 0 aromatic heterocycles. The Hall–Kier alpha value is -1.04. The second kappa shape index (κ2) is 31100. The normalized spacial score (nSPS) is 1.77. The molecule has 0 saturated heterocycles. The first kappa shape index (κ1) is 372. The third kappa shape index (κ3) is 29200. The SMILES string of the molecule is C=C.C=C.CC.CC.CC.CC.CC.CC.CC.CC.CC.O.O.O.O.O.O.O.O.O.O.O.O.O. The molecule has 0 spiro atoms. The van der Waals surface area contributed by atoms with Gasteiger partial charge in [0.05, 0.1) is 0 Å². The van der Waals surface area contributed by atoms with Gasteiger partial charge in [0.1, 0.15) is 0 Å². The minimum Gasteiger partial charge on any atom is -0.412 e. The zero-order valence-corrected chi connectivity index (χ0v) is 27.3. The van der Waals surface area contributed by atoms with Crippen molar-refractivity contribution in [3.63, 3.8) is 0 Å². The van der Waals surface area contributed by atoms with Crippen molar-refractivity contribution in [2.75, 3.05) is 0 Å². The number of rotatable bonds is 0. The summed E-state index contributed by atoms with van der Waals surface area (Å²) in [6.45, 7) is 48.0. The molecule has 0 aliphatic rings. The fourth-order valence-electron chi connectivity index (χ4n) is 0. The van der Waals surface area contributed by atoms with Gasteiger partial charge < -0.3 is 71.2 Å². The Morgan fingerprint density at radius 1 is 0.143 bits per heavy atom. The van der Waals surface area contributed by atoms with Crippen LogP contribution >= 0.6 is 0 Å². The van der Waals surface area contributed by atoms with Crippen LogP contribution in [0.1, 0.15) is 125 Å². The first-order valence-corrected chi connectivity index (χ1v) is 10.0. The molecule has 0 bridgehead atoms. The molecule has 0 saturated carbocycles. The molecule has 0 aliphatic heterocycles. The summed E-state index contributed by atoms with van der Waals surface area (Å²) >= 11 is 0. The molecule has 0 heterocycles. The molecule has 0 amide bonds. The Morgan fingerprint density at radius 3 is 0.143 bits per heavy atom. The second-order valence-corrected chi connectivity index (χ2v) is 0. The van der Waals surface area contributed by atoms with Crippen LogP contribution in [0.15, 0.2) is 26.3 Å². The maximum Gasteiger partial charge on any atom is -0.0683 e. The monoisotopic (exact) mass is 561 g/mol. The largest absolute Gasteiger partial charge is 0.412 e. The van der Waals surface area contributed by atoms with E-state index in [4.69, 9.17) is 0 Å². The van der Waals surface area contributed by atoms with Gasteiger partial charge in [0.15, 0.2) is 0 Å². The van der Waals surface area contributed by atoms with Gasteiger partial charge in [0.2, 0.25) is 0 Å². The Balaban J connectivity index is -0.00000000167. The van der Waals surface area contributed by atoms with Crippen molar-refractivity contribution in [2.24, 2.45) is 0 Å². The lowest BCUT2D eigenvalue weighted by atomic mass is 11.0. The summed E-state index contributed by atoms with van der Waals surface area (Å²) in [7, 11) is 0. The molecule has 0 fully saturated rings. The van der Waals surface area contributed by atoms with E-state index >= 15 is 0 Å². The Kier molecular flexibility index (Phi) is 331000. The van der Waals surface area contributed by atoms with Crippen LogP contribution in [-0.2, 0) is 0 Å². The van der Waals surface area contributed by atoms with Gasteiger partial charge in [-0.15, -0.1) is 26.3 Å². The maximum atomic E-state index is 3.00. The van der Waals surface area contributed by atoms with Crippen molar-refractivity contribution in [1.29, 1.82) is 0 Å². The Morgan fingerprint density at radius 2 is 0.143 bits per heavy atom. The summed E-state index contributed by atoms with van der Waals surface area (Å²) in [6, 6.07) is 0. The van der Waals surface area contributed by atoms with Gasteiger partial charge in [-0.05, 0) is 0 Å². The van der Waals surface area contributed by atoms with Crippen LogP contribution in [0.3, 0.4) is 0 Å². The summed E-state index contributed by atoms with van der Waals surface area (Å²) in [6.07, 6.45) is 0. The third-order valence-corrected chi connectivity index (χ3v) is 0. The second-order valence-electron chi connectivity index (χ2n) is 0. The molecule has 0 unspecified atom stereocenters. The highest BCUT2D eigenvalue weighted by atomic mass is 16.0. The molecule has 35 heavy (non-hydrogen) atoms. The van der Waals surface area contributed by atoms with E-state index in [2.05, 4.69) is 26.3 Å². The quantitative estimate of drug-likeness (QED) is 0.356. The summed E-state index contributed by atoms with van der Waals surface area (Å²) in [5.41, 5.74) is 0. The van der Waals surface area contributed by atoms with Crippen LogP contribution in [0.5, 0.6) is 0 Å². The standard InChI is InChI=1S/9C2H6.2C2H4.13H2O/c11*1-2;;;;;;;;;;;;;/h9*1-2H3;2*1-2H2;13*1H2. The summed E-state index contributed by atoms with van der Waals surface area (Å²) in [5, 5.41) is 0. The predicted octanol–water partition coefficient (Wildman–Crippen LogP) is 0.119. The van der Waals surface area contributed by atoms with E-state index in [1.165, 1.54) is 0 Å². The van der Waals surface area contributed by atoms with E-state index in [1.807, 2.05) is 125 Å². The van der Waals surface area contributed by atoms with Gasteiger partial charge in [-0.2, -0.15) is 0 Å². The van der Waals surface area contributed by atoms with Gasteiger partial charge >= 0.3 is 0 Å². The number of hydrogen-bond acceptors (Lipinski definition) is 0. The lowest BCUT2D eigenvalue weighted by molar-refractivity contribution is 0.823. The lowest BCUT2D eigenvalue weighted by Crippen LogP contribution is -0.856. The average Bonchev–Trinajstić information content (AvgIpc) is 2.78.